The van der Waals surface area contributed by atoms with Gasteiger partial charge in [0.2, 0.25) is 15.9 Å². The van der Waals surface area contributed by atoms with E-state index in [1.807, 2.05) is 0 Å². The van der Waals surface area contributed by atoms with Crippen molar-refractivity contribution in [2.45, 2.75) is 30.6 Å². The maximum Gasteiger partial charge on any atom is 0.255 e. The van der Waals surface area contributed by atoms with E-state index >= 15 is 0 Å². The Hall–Kier alpha value is -2.49. The molecule has 0 saturated carbocycles. The van der Waals surface area contributed by atoms with Crippen LogP contribution in [0, 0.1) is 0 Å². The summed E-state index contributed by atoms with van der Waals surface area (Å²) in [5, 5.41) is 2.75. The Balaban J connectivity index is 1.77. The summed E-state index contributed by atoms with van der Waals surface area (Å²) in [7, 11) is -2.07. The summed E-state index contributed by atoms with van der Waals surface area (Å²) in [5.41, 5.74) is 0.650. The Morgan fingerprint density at radius 3 is 2.60 bits per heavy atom. The van der Waals surface area contributed by atoms with E-state index in [0.717, 1.165) is 25.7 Å². The maximum absolute atomic E-state index is 13.0. The number of anilines is 1. The molecule has 1 N–H and O–H groups in total. The molecule has 1 aliphatic rings. The van der Waals surface area contributed by atoms with Crippen LogP contribution in [0.4, 0.5) is 5.69 Å². The molecule has 0 spiro atoms. The second kappa shape index (κ2) is 10.5. The smallest absolute Gasteiger partial charge is 0.255 e. The summed E-state index contributed by atoms with van der Waals surface area (Å²) in [6.45, 7) is 1.70. The zero-order valence-corrected chi connectivity index (χ0v) is 17.9. The van der Waals surface area contributed by atoms with Gasteiger partial charge >= 0.3 is 0 Å². The largest absolute Gasteiger partial charge is 0.474 e. The van der Waals surface area contributed by atoms with Gasteiger partial charge in [0.1, 0.15) is 12.3 Å². The van der Waals surface area contributed by atoms with Crippen LogP contribution in [0.3, 0.4) is 0 Å². The molecule has 9 heteroatoms. The van der Waals surface area contributed by atoms with Crippen LogP contribution in [-0.2, 0) is 14.8 Å². The van der Waals surface area contributed by atoms with Crippen LogP contribution in [-0.4, -0.2) is 57.0 Å². The van der Waals surface area contributed by atoms with Gasteiger partial charge in [-0.15, -0.1) is 0 Å². The summed E-state index contributed by atoms with van der Waals surface area (Å²) >= 11 is 0. The number of nitrogens with one attached hydrogen (secondary N) is 1. The number of carbonyl (C=O) groups excluding carboxylic acids is 1. The lowest BCUT2D eigenvalue weighted by Gasteiger charge is -2.20. The number of nitrogens with zero attached hydrogens (tertiary/aromatic N) is 2. The first kappa shape index (κ1) is 22.2. The van der Waals surface area contributed by atoms with Crippen LogP contribution < -0.4 is 10.1 Å². The first-order chi connectivity index (χ1) is 14.5. The molecule has 0 aliphatic carbocycles. The van der Waals surface area contributed by atoms with Crippen molar-refractivity contribution in [2.75, 3.05) is 38.7 Å². The van der Waals surface area contributed by atoms with Gasteiger partial charge in [-0.2, -0.15) is 4.31 Å². The molecule has 2 aromatic rings. The molecule has 1 saturated heterocycles. The van der Waals surface area contributed by atoms with Gasteiger partial charge < -0.3 is 14.8 Å². The number of benzene rings is 1. The zero-order chi connectivity index (χ0) is 21.4. The number of hydrogen-bond donors (Lipinski definition) is 1. The predicted molar refractivity (Wildman–Crippen MR) is 113 cm³/mol. The molecule has 1 aromatic heterocycles. The first-order valence-electron chi connectivity index (χ1n) is 10.0. The normalized spacial score (nSPS) is 15.4. The fourth-order valence-corrected chi connectivity index (χ4v) is 4.81. The van der Waals surface area contributed by atoms with Crippen molar-refractivity contribution >= 4 is 21.6 Å². The highest BCUT2D eigenvalue weighted by molar-refractivity contribution is 7.89. The third-order valence-electron chi connectivity index (χ3n) is 4.84. The number of hydrogen-bond acceptors (Lipinski definition) is 6. The van der Waals surface area contributed by atoms with E-state index in [4.69, 9.17) is 9.47 Å². The van der Waals surface area contributed by atoms with Crippen LogP contribution in [0.15, 0.2) is 47.5 Å². The van der Waals surface area contributed by atoms with Crippen molar-refractivity contribution in [1.82, 2.24) is 9.29 Å². The molecule has 0 bridgehead atoms. The average molecular weight is 434 g/mol. The van der Waals surface area contributed by atoms with Crippen molar-refractivity contribution in [3.05, 3.63) is 48.2 Å². The molecular formula is C21H27N3O5S. The lowest BCUT2D eigenvalue weighted by Crippen LogP contribution is -2.32. The van der Waals surface area contributed by atoms with Gasteiger partial charge in [-0.05, 0) is 43.2 Å². The lowest BCUT2D eigenvalue weighted by atomic mass is 10.2. The van der Waals surface area contributed by atoms with Crippen molar-refractivity contribution in [1.29, 1.82) is 0 Å². The molecule has 0 radical (unpaired) electrons. The minimum absolute atomic E-state index is 0.125. The van der Waals surface area contributed by atoms with Crippen LogP contribution in [0.5, 0.6) is 5.88 Å². The predicted octanol–water partition coefficient (Wildman–Crippen LogP) is 2.92. The quantitative estimate of drug-likeness (QED) is 0.643. The Morgan fingerprint density at radius 1 is 1.10 bits per heavy atom. The maximum atomic E-state index is 13.0. The van der Waals surface area contributed by atoms with Crippen molar-refractivity contribution in [2.24, 2.45) is 0 Å². The number of amides is 1. The van der Waals surface area contributed by atoms with E-state index in [1.165, 1.54) is 16.4 Å². The number of methoxy groups -OCH3 is 1. The zero-order valence-electron chi connectivity index (χ0n) is 17.0. The number of pyridine rings is 1. The number of ether oxygens (including phenoxy) is 2. The van der Waals surface area contributed by atoms with Gasteiger partial charge in [0.25, 0.3) is 5.91 Å². The van der Waals surface area contributed by atoms with E-state index < -0.39 is 15.9 Å². The van der Waals surface area contributed by atoms with Crippen molar-refractivity contribution in [3.8, 4) is 5.88 Å². The minimum atomic E-state index is -3.63. The standard InChI is InChI=1S/C21H27N3O5S/c1-28-14-15-29-21-19(10-7-11-22-21)23-20(25)17-8-6-9-18(16-17)30(26,27)24-12-4-2-3-5-13-24/h6-11,16H,2-5,12-15H2,1H3,(H,23,25). The molecular weight excluding hydrogens is 406 g/mol. The third-order valence-corrected chi connectivity index (χ3v) is 6.74. The molecule has 0 atom stereocenters. The number of sulfonamides is 1. The molecule has 1 fully saturated rings. The van der Waals surface area contributed by atoms with Crippen molar-refractivity contribution < 1.29 is 22.7 Å². The average Bonchev–Trinajstić information content (AvgIpc) is 3.05. The van der Waals surface area contributed by atoms with Gasteiger partial charge in [0.15, 0.2) is 0 Å². The Labute approximate surface area is 177 Å². The van der Waals surface area contributed by atoms with E-state index in [1.54, 1.807) is 37.6 Å². The summed E-state index contributed by atoms with van der Waals surface area (Å²) in [6, 6.07) is 9.46. The van der Waals surface area contributed by atoms with Gasteiger partial charge in [-0.1, -0.05) is 18.9 Å². The Morgan fingerprint density at radius 2 is 1.87 bits per heavy atom. The topological polar surface area (TPSA) is 97.8 Å². The molecule has 30 heavy (non-hydrogen) atoms. The fourth-order valence-electron chi connectivity index (χ4n) is 3.25. The number of carbonyl (C=O) groups is 1. The van der Waals surface area contributed by atoms with E-state index in [0.29, 0.717) is 32.0 Å². The molecule has 1 amide bonds. The molecule has 8 nitrogen and oxygen atoms in total. The van der Waals surface area contributed by atoms with Gasteiger partial charge in [-0.3, -0.25) is 4.79 Å². The summed E-state index contributed by atoms with van der Waals surface area (Å²) < 4.78 is 38.1. The van der Waals surface area contributed by atoms with Gasteiger partial charge in [0.05, 0.1) is 11.5 Å². The first-order valence-corrected chi connectivity index (χ1v) is 11.4. The van der Waals surface area contributed by atoms with Crippen LogP contribution in [0.2, 0.25) is 0 Å². The second-order valence-corrected chi connectivity index (χ2v) is 8.94. The minimum Gasteiger partial charge on any atom is -0.474 e. The fraction of sp³-hybridized carbons (Fsp3) is 0.429. The highest BCUT2D eigenvalue weighted by atomic mass is 32.2. The molecule has 2 heterocycles. The molecule has 1 aliphatic heterocycles. The van der Waals surface area contributed by atoms with E-state index in [9.17, 15) is 13.2 Å². The summed E-state index contributed by atoms with van der Waals surface area (Å²) in [5.74, 6) is -0.163. The van der Waals surface area contributed by atoms with Crippen LogP contribution >= 0.6 is 0 Å². The monoisotopic (exact) mass is 433 g/mol. The summed E-state index contributed by atoms with van der Waals surface area (Å²) in [6.07, 6.45) is 5.34. The molecule has 1 aromatic carbocycles. The van der Waals surface area contributed by atoms with Gasteiger partial charge in [-0.25, -0.2) is 13.4 Å². The van der Waals surface area contributed by atoms with E-state index in [-0.39, 0.29) is 16.3 Å². The Kier molecular flexibility index (Phi) is 7.78. The van der Waals surface area contributed by atoms with Crippen molar-refractivity contribution in [3.63, 3.8) is 0 Å². The van der Waals surface area contributed by atoms with Crippen LogP contribution in [0.1, 0.15) is 36.0 Å². The number of aromatic nitrogens is 1. The highest BCUT2D eigenvalue weighted by Gasteiger charge is 2.26. The second-order valence-electron chi connectivity index (χ2n) is 7.00. The number of rotatable bonds is 8. The van der Waals surface area contributed by atoms with E-state index in [2.05, 4.69) is 10.3 Å². The molecule has 162 valence electrons. The Bertz CT molecular complexity index is 957. The summed E-state index contributed by atoms with van der Waals surface area (Å²) in [4.78, 5) is 17.0. The van der Waals surface area contributed by atoms with Crippen LogP contribution in [0.25, 0.3) is 0 Å². The molecule has 0 unspecified atom stereocenters. The SMILES string of the molecule is COCCOc1ncccc1NC(=O)c1cccc(S(=O)(=O)N2CCCCCC2)c1. The molecule has 3 rings (SSSR count). The highest BCUT2D eigenvalue weighted by Crippen LogP contribution is 2.24. The third kappa shape index (κ3) is 5.56. The van der Waals surface area contributed by atoms with Gasteiger partial charge in [0, 0.05) is 32.0 Å². The lowest BCUT2D eigenvalue weighted by molar-refractivity contribution is 0.102.